The van der Waals surface area contributed by atoms with Crippen molar-refractivity contribution in [2.24, 2.45) is 0 Å². The molecular formula is C19H13Br. The Bertz CT molecular complexity index is 967. The van der Waals surface area contributed by atoms with Crippen LogP contribution in [0.25, 0.3) is 32.3 Å². The van der Waals surface area contributed by atoms with Crippen LogP contribution >= 0.6 is 15.9 Å². The van der Waals surface area contributed by atoms with E-state index in [0.717, 1.165) is 4.47 Å². The summed E-state index contributed by atoms with van der Waals surface area (Å²) in [6.07, 6.45) is 0. The topological polar surface area (TPSA) is 0 Å². The van der Waals surface area contributed by atoms with E-state index in [1.165, 1.54) is 37.9 Å². The predicted molar refractivity (Wildman–Crippen MR) is 91.4 cm³/mol. The lowest BCUT2D eigenvalue weighted by molar-refractivity contribution is 1.59. The highest BCUT2D eigenvalue weighted by Gasteiger charge is 2.08. The molecule has 0 aromatic heterocycles. The minimum atomic E-state index is 1.16. The van der Waals surface area contributed by atoms with Gasteiger partial charge in [-0.25, -0.2) is 0 Å². The van der Waals surface area contributed by atoms with E-state index >= 15 is 0 Å². The molecule has 4 aromatic carbocycles. The second-order valence-corrected chi connectivity index (χ2v) is 6.08. The van der Waals surface area contributed by atoms with Gasteiger partial charge in [-0.1, -0.05) is 64.5 Å². The molecule has 0 N–H and O–H groups in total. The molecule has 4 aromatic rings. The molecule has 0 saturated heterocycles. The van der Waals surface area contributed by atoms with Crippen molar-refractivity contribution in [2.45, 2.75) is 6.92 Å². The molecule has 1 heteroatoms. The van der Waals surface area contributed by atoms with E-state index < -0.39 is 0 Å². The Kier molecular flexibility index (Phi) is 2.58. The van der Waals surface area contributed by atoms with Gasteiger partial charge in [0.05, 0.1) is 0 Å². The van der Waals surface area contributed by atoms with Crippen molar-refractivity contribution in [1.29, 1.82) is 0 Å². The first-order chi connectivity index (χ1) is 9.75. The number of fused-ring (bicyclic) bond motifs is 4. The van der Waals surface area contributed by atoms with E-state index in [-0.39, 0.29) is 0 Å². The molecule has 0 amide bonds. The summed E-state index contributed by atoms with van der Waals surface area (Å²) in [6.45, 7) is 2.23. The summed E-state index contributed by atoms with van der Waals surface area (Å²) in [7, 11) is 0. The van der Waals surface area contributed by atoms with Crippen molar-refractivity contribution in [1.82, 2.24) is 0 Å². The zero-order valence-electron chi connectivity index (χ0n) is 11.2. The largest absolute Gasteiger partial charge is 0.0616 e. The van der Waals surface area contributed by atoms with Gasteiger partial charge in [0.1, 0.15) is 0 Å². The van der Waals surface area contributed by atoms with Crippen LogP contribution in [0.4, 0.5) is 0 Å². The fourth-order valence-corrected chi connectivity index (χ4v) is 3.64. The molecule has 0 heterocycles. The van der Waals surface area contributed by atoms with E-state index in [0.29, 0.717) is 0 Å². The normalized spacial score (nSPS) is 11.5. The number of rotatable bonds is 0. The molecule has 0 aliphatic rings. The van der Waals surface area contributed by atoms with Gasteiger partial charge in [-0.05, 0) is 56.9 Å². The van der Waals surface area contributed by atoms with Crippen molar-refractivity contribution < 1.29 is 0 Å². The van der Waals surface area contributed by atoms with Gasteiger partial charge in [-0.3, -0.25) is 0 Å². The van der Waals surface area contributed by atoms with E-state index in [1.807, 2.05) is 0 Å². The van der Waals surface area contributed by atoms with Gasteiger partial charge < -0.3 is 0 Å². The van der Waals surface area contributed by atoms with Crippen molar-refractivity contribution in [3.63, 3.8) is 0 Å². The highest BCUT2D eigenvalue weighted by Crippen LogP contribution is 2.35. The third-order valence-corrected chi connectivity index (χ3v) is 4.78. The molecule has 96 valence electrons. The summed E-state index contributed by atoms with van der Waals surface area (Å²) in [5, 5.41) is 7.92. The first-order valence-electron chi connectivity index (χ1n) is 6.75. The third-order valence-electron chi connectivity index (χ3n) is 4.09. The molecule has 0 spiro atoms. The van der Waals surface area contributed by atoms with Crippen molar-refractivity contribution in [2.75, 3.05) is 0 Å². The summed E-state index contributed by atoms with van der Waals surface area (Å²) in [6, 6.07) is 21.8. The van der Waals surface area contributed by atoms with E-state index in [9.17, 15) is 0 Å². The van der Waals surface area contributed by atoms with Gasteiger partial charge >= 0.3 is 0 Å². The van der Waals surface area contributed by atoms with Crippen molar-refractivity contribution in [3.05, 3.63) is 70.7 Å². The highest BCUT2D eigenvalue weighted by molar-refractivity contribution is 9.10. The summed E-state index contributed by atoms with van der Waals surface area (Å²) >= 11 is 3.66. The van der Waals surface area contributed by atoms with Crippen LogP contribution in [0, 0.1) is 6.92 Å². The molecule has 0 atom stereocenters. The summed E-state index contributed by atoms with van der Waals surface area (Å²) < 4.78 is 1.16. The van der Waals surface area contributed by atoms with Crippen LogP contribution in [0.3, 0.4) is 0 Å². The van der Waals surface area contributed by atoms with Crippen LogP contribution in [-0.4, -0.2) is 0 Å². The first-order valence-corrected chi connectivity index (χ1v) is 7.54. The van der Waals surface area contributed by atoms with Gasteiger partial charge in [0.25, 0.3) is 0 Å². The fourth-order valence-electron chi connectivity index (χ4n) is 3.14. The number of hydrogen-bond acceptors (Lipinski definition) is 0. The van der Waals surface area contributed by atoms with Gasteiger partial charge in [-0.2, -0.15) is 0 Å². The smallest absolute Gasteiger partial charge is 0.0253 e. The van der Waals surface area contributed by atoms with Crippen LogP contribution in [0.2, 0.25) is 0 Å². The second kappa shape index (κ2) is 4.32. The maximum absolute atomic E-state index is 3.66. The molecule has 0 saturated carbocycles. The molecule has 0 aliphatic heterocycles. The number of benzene rings is 4. The van der Waals surface area contributed by atoms with Crippen molar-refractivity contribution >= 4 is 48.2 Å². The van der Waals surface area contributed by atoms with E-state index in [1.54, 1.807) is 0 Å². The van der Waals surface area contributed by atoms with E-state index in [4.69, 9.17) is 0 Å². The van der Waals surface area contributed by atoms with Crippen LogP contribution in [0.1, 0.15) is 5.56 Å². The van der Waals surface area contributed by atoms with Gasteiger partial charge in [0.2, 0.25) is 0 Å². The first kappa shape index (κ1) is 11.9. The molecule has 0 radical (unpaired) electrons. The fraction of sp³-hybridized carbons (Fsp3) is 0.0526. The van der Waals surface area contributed by atoms with Crippen LogP contribution in [0.15, 0.2) is 65.1 Å². The Labute approximate surface area is 126 Å². The maximum Gasteiger partial charge on any atom is 0.0253 e. The molecule has 4 rings (SSSR count). The lowest BCUT2D eigenvalue weighted by atomic mass is 9.94. The Morgan fingerprint density at radius 3 is 2.40 bits per heavy atom. The standard InChI is InChI=1S/C19H13Br/c1-12-15-6-3-2-5-13(15)11-14-9-10-16-17(19(12)14)7-4-8-18(16)20/h2-11H,1H3. The Morgan fingerprint density at radius 1 is 0.700 bits per heavy atom. The summed E-state index contributed by atoms with van der Waals surface area (Å²) in [5.74, 6) is 0. The lowest BCUT2D eigenvalue weighted by Crippen LogP contribution is -1.85. The molecular weight excluding hydrogens is 308 g/mol. The highest BCUT2D eigenvalue weighted by atomic mass is 79.9. The minimum absolute atomic E-state index is 1.16. The monoisotopic (exact) mass is 320 g/mol. The number of aryl methyl sites for hydroxylation is 1. The van der Waals surface area contributed by atoms with Gasteiger partial charge in [0, 0.05) is 4.47 Å². The molecule has 0 unspecified atom stereocenters. The molecule has 0 fully saturated rings. The van der Waals surface area contributed by atoms with Crippen LogP contribution in [-0.2, 0) is 0 Å². The molecule has 0 bridgehead atoms. The predicted octanol–water partition coefficient (Wildman–Crippen LogP) is 6.22. The Hall–Kier alpha value is -1.86. The van der Waals surface area contributed by atoms with Gasteiger partial charge in [0.15, 0.2) is 0 Å². The van der Waals surface area contributed by atoms with Crippen LogP contribution < -0.4 is 0 Å². The number of halogens is 1. The quantitative estimate of drug-likeness (QED) is 0.266. The van der Waals surface area contributed by atoms with Gasteiger partial charge in [-0.15, -0.1) is 0 Å². The third kappa shape index (κ3) is 1.60. The lowest BCUT2D eigenvalue weighted by Gasteiger charge is -2.11. The maximum atomic E-state index is 3.66. The Morgan fingerprint density at radius 2 is 1.50 bits per heavy atom. The minimum Gasteiger partial charge on any atom is -0.0616 e. The van der Waals surface area contributed by atoms with Crippen molar-refractivity contribution in [3.8, 4) is 0 Å². The SMILES string of the molecule is Cc1c2ccccc2cc2ccc3c(Br)cccc3c12. The summed E-state index contributed by atoms with van der Waals surface area (Å²) in [5.41, 5.74) is 1.36. The van der Waals surface area contributed by atoms with E-state index in [2.05, 4.69) is 83.5 Å². The second-order valence-electron chi connectivity index (χ2n) is 5.22. The number of hydrogen-bond donors (Lipinski definition) is 0. The molecule has 0 aliphatic carbocycles. The molecule has 0 nitrogen and oxygen atoms in total. The zero-order chi connectivity index (χ0) is 13.7. The average molecular weight is 321 g/mol. The zero-order valence-corrected chi connectivity index (χ0v) is 12.7. The Balaban J connectivity index is 2.33. The summed E-state index contributed by atoms with van der Waals surface area (Å²) in [4.78, 5) is 0. The van der Waals surface area contributed by atoms with Crippen LogP contribution in [0.5, 0.6) is 0 Å². The average Bonchev–Trinajstić information content (AvgIpc) is 2.47. The molecule has 20 heavy (non-hydrogen) atoms.